The van der Waals surface area contributed by atoms with Gasteiger partial charge in [-0.1, -0.05) is 6.92 Å². The first-order valence-corrected chi connectivity index (χ1v) is 6.55. The maximum Gasteiger partial charge on any atom is 0.337 e. The number of carboxylic acids is 1. The van der Waals surface area contributed by atoms with E-state index in [4.69, 9.17) is 10.8 Å². The number of nitrogens with two attached hydrogens (primary N) is 1. The van der Waals surface area contributed by atoms with Gasteiger partial charge in [0.15, 0.2) is 0 Å². The van der Waals surface area contributed by atoms with E-state index in [-0.39, 0.29) is 5.56 Å². The predicted molar refractivity (Wildman–Crippen MR) is 76.5 cm³/mol. The van der Waals surface area contributed by atoms with E-state index in [2.05, 4.69) is 24.2 Å². The summed E-state index contributed by atoms with van der Waals surface area (Å²) in [5, 5.41) is 12.4. The van der Waals surface area contributed by atoms with Gasteiger partial charge < -0.3 is 21.1 Å². The molecule has 0 radical (unpaired) electrons. The van der Waals surface area contributed by atoms with Crippen LogP contribution in [0.3, 0.4) is 0 Å². The van der Waals surface area contributed by atoms with Crippen LogP contribution in [0.2, 0.25) is 0 Å². The minimum atomic E-state index is -0.989. The van der Waals surface area contributed by atoms with Crippen LogP contribution in [0.25, 0.3) is 0 Å². The summed E-state index contributed by atoms with van der Waals surface area (Å²) in [5.74, 6) is -0.434. The molecule has 5 heteroatoms. The molecule has 1 aliphatic rings. The number of benzene rings is 1. The van der Waals surface area contributed by atoms with E-state index < -0.39 is 5.97 Å². The van der Waals surface area contributed by atoms with Crippen LogP contribution in [-0.2, 0) is 0 Å². The zero-order valence-electron chi connectivity index (χ0n) is 11.4. The molecule has 5 nitrogen and oxygen atoms in total. The minimum Gasteiger partial charge on any atom is -0.478 e. The van der Waals surface area contributed by atoms with Crippen LogP contribution in [0.15, 0.2) is 18.2 Å². The number of nitrogen functional groups attached to an aromatic ring is 1. The van der Waals surface area contributed by atoms with Gasteiger partial charge in [0.05, 0.1) is 5.56 Å². The summed E-state index contributed by atoms with van der Waals surface area (Å²) in [4.78, 5) is 13.2. The van der Waals surface area contributed by atoms with Crippen LogP contribution in [0.4, 0.5) is 11.4 Å². The third-order valence-corrected chi connectivity index (χ3v) is 3.74. The van der Waals surface area contributed by atoms with Crippen LogP contribution in [0.5, 0.6) is 0 Å². The second-order valence-electron chi connectivity index (χ2n) is 5.39. The molecule has 1 fully saturated rings. The van der Waals surface area contributed by atoms with E-state index in [9.17, 15) is 4.79 Å². The van der Waals surface area contributed by atoms with Crippen molar-refractivity contribution in [2.45, 2.75) is 19.4 Å². The van der Waals surface area contributed by atoms with Gasteiger partial charge in [-0.15, -0.1) is 0 Å². The number of hydrogen-bond donors (Lipinski definition) is 3. The van der Waals surface area contributed by atoms with Crippen LogP contribution < -0.4 is 11.1 Å². The summed E-state index contributed by atoms with van der Waals surface area (Å²) >= 11 is 0. The zero-order valence-corrected chi connectivity index (χ0v) is 11.4. The third-order valence-electron chi connectivity index (χ3n) is 3.74. The molecule has 1 saturated heterocycles. The Kier molecular flexibility index (Phi) is 3.95. The lowest BCUT2D eigenvalue weighted by Crippen LogP contribution is -2.43. The first kappa shape index (κ1) is 13.7. The molecule has 0 aliphatic carbocycles. The zero-order chi connectivity index (χ0) is 14.0. The normalized spacial score (nSPS) is 24.1. The van der Waals surface area contributed by atoms with E-state index >= 15 is 0 Å². The molecule has 0 spiro atoms. The van der Waals surface area contributed by atoms with Crippen molar-refractivity contribution in [3.8, 4) is 0 Å². The van der Waals surface area contributed by atoms with Crippen LogP contribution in [0, 0.1) is 5.92 Å². The molecule has 4 N–H and O–H groups in total. The molecule has 2 atom stereocenters. The van der Waals surface area contributed by atoms with E-state index in [0.717, 1.165) is 25.2 Å². The van der Waals surface area contributed by atoms with Crippen molar-refractivity contribution >= 4 is 17.3 Å². The smallest absolute Gasteiger partial charge is 0.337 e. The Morgan fingerprint density at radius 3 is 2.84 bits per heavy atom. The Morgan fingerprint density at radius 2 is 2.26 bits per heavy atom. The highest BCUT2D eigenvalue weighted by atomic mass is 16.4. The molecule has 0 amide bonds. The second kappa shape index (κ2) is 5.48. The second-order valence-corrected chi connectivity index (χ2v) is 5.39. The SMILES string of the molecule is CC1CN(C)CCC1Nc1ccc(C(=O)O)c(N)c1. The lowest BCUT2D eigenvalue weighted by Gasteiger charge is -2.35. The molecule has 19 heavy (non-hydrogen) atoms. The molecule has 1 heterocycles. The molecule has 0 saturated carbocycles. The number of aromatic carboxylic acids is 1. The number of anilines is 2. The number of piperidine rings is 1. The van der Waals surface area contributed by atoms with Gasteiger partial charge in [-0.3, -0.25) is 0 Å². The Bertz CT molecular complexity index is 476. The van der Waals surface area contributed by atoms with Gasteiger partial charge in [0.25, 0.3) is 0 Å². The van der Waals surface area contributed by atoms with Gasteiger partial charge in [-0.05, 0) is 44.1 Å². The van der Waals surface area contributed by atoms with E-state index in [1.54, 1.807) is 18.2 Å². The molecule has 2 rings (SSSR count). The molecule has 104 valence electrons. The number of carboxylic acid groups (broad SMARTS) is 1. The van der Waals surface area contributed by atoms with E-state index in [0.29, 0.717) is 17.6 Å². The molecular formula is C14H21N3O2. The maximum absolute atomic E-state index is 10.9. The van der Waals surface area contributed by atoms with Crippen molar-refractivity contribution in [3.05, 3.63) is 23.8 Å². The number of nitrogens with one attached hydrogen (secondary N) is 1. The number of carbonyl (C=O) groups is 1. The fourth-order valence-corrected chi connectivity index (χ4v) is 2.63. The summed E-state index contributed by atoms with van der Waals surface area (Å²) in [7, 11) is 2.13. The molecule has 1 aromatic carbocycles. The van der Waals surface area contributed by atoms with Gasteiger partial charge in [0, 0.05) is 24.0 Å². The van der Waals surface area contributed by atoms with Crippen LogP contribution >= 0.6 is 0 Å². The summed E-state index contributed by atoms with van der Waals surface area (Å²) in [5.41, 5.74) is 7.11. The van der Waals surface area contributed by atoms with Crippen LogP contribution in [-0.4, -0.2) is 42.2 Å². The summed E-state index contributed by atoms with van der Waals surface area (Å²) < 4.78 is 0. The Hall–Kier alpha value is -1.75. The lowest BCUT2D eigenvalue weighted by molar-refractivity contribution is 0.0698. The summed E-state index contributed by atoms with van der Waals surface area (Å²) in [6.07, 6.45) is 1.08. The average Bonchev–Trinajstić information content (AvgIpc) is 2.32. The van der Waals surface area contributed by atoms with Crippen molar-refractivity contribution in [1.29, 1.82) is 0 Å². The van der Waals surface area contributed by atoms with Crippen molar-refractivity contribution < 1.29 is 9.90 Å². The first-order chi connectivity index (χ1) is 8.97. The van der Waals surface area contributed by atoms with Crippen molar-refractivity contribution in [1.82, 2.24) is 4.90 Å². The highest BCUT2D eigenvalue weighted by Gasteiger charge is 2.24. The molecule has 1 aromatic rings. The number of hydrogen-bond acceptors (Lipinski definition) is 4. The third kappa shape index (κ3) is 3.17. The van der Waals surface area contributed by atoms with Gasteiger partial charge in [0.2, 0.25) is 0 Å². The fraction of sp³-hybridized carbons (Fsp3) is 0.500. The molecule has 0 bridgehead atoms. The van der Waals surface area contributed by atoms with E-state index in [1.807, 2.05) is 0 Å². The average molecular weight is 263 g/mol. The molecular weight excluding hydrogens is 242 g/mol. The molecule has 2 unspecified atom stereocenters. The first-order valence-electron chi connectivity index (χ1n) is 6.55. The minimum absolute atomic E-state index is 0.155. The highest BCUT2D eigenvalue weighted by Crippen LogP contribution is 2.23. The van der Waals surface area contributed by atoms with Crippen molar-refractivity contribution in [3.63, 3.8) is 0 Å². The van der Waals surface area contributed by atoms with Crippen molar-refractivity contribution in [2.75, 3.05) is 31.2 Å². The largest absolute Gasteiger partial charge is 0.478 e. The van der Waals surface area contributed by atoms with E-state index in [1.165, 1.54) is 0 Å². The monoisotopic (exact) mass is 263 g/mol. The number of likely N-dealkylation sites (tertiary alicyclic amines) is 1. The Morgan fingerprint density at radius 1 is 1.53 bits per heavy atom. The summed E-state index contributed by atoms with van der Waals surface area (Å²) in [6.45, 7) is 4.37. The van der Waals surface area contributed by atoms with Gasteiger partial charge in [-0.2, -0.15) is 0 Å². The van der Waals surface area contributed by atoms with Gasteiger partial charge in [0.1, 0.15) is 0 Å². The number of rotatable bonds is 3. The number of nitrogens with zero attached hydrogens (tertiary/aromatic N) is 1. The quantitative estimate of drug-likeness (QED) is 0.724. The molecule has 1 aliphatic heterocycles. The Balaban J connectivity index is 2.07. The predicted octanol–water partition coefficient (Wildman–Crippen LogP) is 1.72. The van der Waals surface area contributed by atoms with Crippen molar-refractivity contribution in [2.24, 2.45) is 5.92 Å². The summed E-state index contributed by atoms with van der Waals surface area (Å²) in [6, 6.07) is 5.45. The standard InChI is InChI=1S/C14H21N3O2/c1-9-8-17(2)6-5-13(9)16-10-3-4-11(14(18)19)12(15)7-10/h3-4,7,9,13,16H,5-6,8,15H2,1-2H3,(H,18,19). The van der Waals surface area contributed by atoms with Gasteiger partial charge >= 0.3 is 5.97 Å². The highest BCUT2D eigenvalue weighted by molar-refractivity contribution is 5.94. The lowest BCUT2D eigenvalue weighted by atomic mass is 9.94. The van der Waals surface area contributed by atoms with Crippen LogP contribution in [0.1, 0.15) is 23.7 Å². The maximum atomic E-state index is 10.9. The Labute approximate surface area is 113 Å². The topological polar surface area (TPSA) is 78.6 Å². The fourth-order valence-electron chi connectivity index (χ4n) is 2.63. The molecule has 0 aromatic heterocycles. The van der Waals surface area contributed by atoms with Gasteiger partial charge in [-0.25, -0.2) is 4.79 Å².